The van der Waals surface area contributed by atoms with Crippen LogP contribution in [-0.2, 0) is 10.8 Å². The van der Waals surface area contributed by atoms with Crippen molar-refractivity contribution in [1.29, 1.82) is 0 Å². The van der Waals surface area contributed by atoms with Gasteiger partial charge in [0.15, 0.2) is 0 Å². The van der Waals surface area contributed by atoms with Crippen LogP contribution in [0.4, 0.5) is 34.1 Å². The van der Waals surface area contributed by atoms with Crippen LogP contribution in [0.1, 0.15) is 86.5 Å². The summed E-state index contributed by atoms with van der Waals surface area (Å²) in [5.41, 5.74) is 32.8. The largest absolute Gasteiger partial charge is 0.456 e. The molecule has 8 saturated carbocycles. The molecule has 10 aliphatic rings. The van der Waals surface area contributed by atoms with E-state index in [9.17, 15) is 0 Å². The normalized spacial score (nSPS) is 25.8. The zero-order valence-corrected chi connectivity index (χ0v) is 57.6. The van der Waals surface area contributed by atoms with Crippen molar-refractivity contribution in [2.24, 2.45) is 52.8 Å². The molecule has 0 aliphatic heterocycles. The van der Waals surface area contributed by atoms with Gasteiger partial charge in [-0.25, -0.2) is 0 Å². The van der Waals surface area contributed by atoms with E-state index >= 15 is 0 Å². The fourth-order valence-electron chi connectivity index (χ4n) is 24.7. The van der Waals surface area contributed by atoms with Gasteiger partial charge >= 0.3 is 0 Å². The van der Waals surface area contributed by atoms with E-state index in [4.69, 9.17) is 8.83 Å². The van der Waals surface area contributed by atoms with Crippen LogP contribution in [0.15, 0.2) is 300 Å². The Labute approximate surface area is 600 Å². The van der Waals surface area contributed by atoms with Crippen LogP contribution in [0.2, 0.25) is 0 Å². The summed E-state index contributed by atoms with van der Waals surface area (Å²) in [5.74, 6) is 6.60. The average molecular weight is 1330 g/mol. The molecule has 0 amide bonds. The van der Waals surface area contributed by atoms with Crippen molar-refractivity contribution in [2.75, 3.05) is 9.80 Å². The average Bonchev–Trinajstić information content (AvgIpc) is 1.47. The SMILES string of the molecule is c1cc(-c2ccc(-c3ccc(-c4ccc(-c5ccc(N(c6ccc7c(c6)-c6ccccc6C76C7CC8CC9CC6C9(C8)C7)c6ccc7c(c6)oc6ccccc67)cc5)cc4)cc3)cc2)cc(N(c2ccc3c(c2)-c2ccccc2C32C3CC4CC(C3)CC2C4)c2ccc3c(c2)oc2ccccc23)c1. The third kappa shape index (κ3) is 7.97. The minimum absolute atomic E-state index is 0.117. The Morgan fingerprint density at radius 1 is 0.243 bits per heavy atom. The molecule has 13 aromatic carbocycles. The van der Waals surface area contributed by atoms with Crippen LogP contribution in [-0.4, -0.2) is 0 Å². The van der Waals surface area contributed by atoms with E-state index in [1.165, 1.54) is 137 Å². The van der Waals surface area contributed by atoms with Crippen molar-refractivity contribution in [3.8, 4) is 66.8 Å². The molecule has 25 rings (SSSR count). The molecule has 2 aromatic heterocycles. The number of hydrogen-bond acceptors (Lipinski definition) is 4. The summed E-state index contributed by atoms with van der Waals surface area (Å²) in [6.07, 6.45) is 14.1. The maximum Gasteiger partial charge on any atom is 0.137 e. The van der Waals surface area contributed by atoms with Crippen molar-refractivity contribution >= 4 is 78.0 Å². The van der Waals surface area contributed by atoms with Crippen molar-refractivity contribution in [3.63, 3.8) is 0 Å². The highest BCUT2D eigenvalue weighted by Gasteiger charge is 2.77. The lowest BCUT2D eigenvalue weighted by Crippen LogP contribution is -2.55. The molecule has 2 heterocycles. The number of para-hydroxylation sites is 2. The second-order valence-corrected chi connectivity index (χ2v) is 32.8. The molecule has 8 fully saturated rings. The Morgan fingerprint density at radius 3 is 1.19 bits per heavy atom. The molecule has 494 valence electrons. The summed E-state index contributed by atoms with van der Waals surface area (Å²) < 4.78 is 13.2. The zero-order chi connectivity index (χ0) is 67.0. The van der Waals surface area contributed by atoms with E-state index in [-0.39, 0.29) is 10.8 Å². The first-order chi connectivity index (χ1) is 50.9. The van der Waals surface area contributed by atoms with E-state index in [0.29, 0.717) is 5.41 Å². The van der Waals surface area contributed by atoms with E-state index < -0.39 is 0 Å². The highest BCUT2D eigenvalue weighted by atomic mass is 16.3. The van der Waals surface area contributed by atoms with Gasteiger partial charge in [-0.3, -0.25) is 0 Å². The molecule has 103 heavy (non-hydrogen) atoms. The van der Waals surface area contributed by atoms with Crippen molar-refractivity contribution in [3.05, 3.63) is 313 Å². The molecule has 0 saturated heterocycles. The maximum absolute atomic E-state index is 6.60. The Balaban J connectivity index is 0.516. The summed E-state index contributed by atoms with van der Waals surface area (Å²) in [4.78, 5) is 4.92. The molecule has 6 atom stereocenters. The molecular formula is C99H76N2O2. The Kier molecular flexibility index (Phi) is 11.8. The van der Waals surface area contributed by atoms with Gasteiger partial charge in [0.05, 0.1) is 0 Å². The first kappa shape index (κ1) is 57.7. The summed E-state index contributed by atoms with van der Waals surface area (Å²) in [6.45, 7) is 0. The maximum atomic E-state index is 6.60. The minimum atomic E-state index is 0.117. The summed E-state index contributed by atoms with van der Waals surface area (Å²) in [7, 11) is 0. The van der Waals surface area contributed by atoms with Crippen LogP contribution in [0.3, 0.4) is 0 Å². The predicted molar refractivity (Wildman–Crippen MR) is 421 cm³/mol. The van der Waals surface area contributed by atoms with Gasteiger partial charge in [0, 0.05) is 78.6 Å². The molecule has 3 spiro atoms. The molecular weight excluding hydrogens is 1250 g/mol. The second-order valence-electron chi connectivity index (χ2n) is 32.8. The van der Waals surface area contributed by atoms with Gasteiger partial charge < -0.3 is 18.6 Å². The molecule has 10 aliphatic carbocycles. The molecule has 6 unspecified atom stereocenters. The first-order valence-corrected chi connectivity index (χ1v) is 38.3. The number of hydrogen-bond donors (Lipinski definition) is 0. The molecule has 15 aromatic rings. The monoisotopic (exact) mass is 1320 g/mol. The third-order valence-corrected chi connectivity index (χ3v) is 28.4. The summed E-state index contributed by atoms with van der Waals surface area (Å²) in [5, 5.41) is 4.57. The lowest BCUT2D eigenvalue weighted by molar-refractivity contribution is -0.0399. The number of anilines is 6. The van der Waals surface area contributed by atoms with Crippen molar-refractivity contribution in [2.45, 2.75) is 75.0 Å². The van der Waals surface area contributed by atoms with E-state index in [2.05, 4.69) is 301 Å². The Hall–Kier alpha value is -10.9. The minimum Gasteiger partial charge on any atom is -0.456 e. The second kappa shape index (κ2) is 21.1. The van der Waals surface area contributed by atoms with Crippen LogP contribution >= 0.6 is 0 Å². The van der Waals surface area contributed by atoms with Crippen molar-refractivity contribution in [1.82, 2.24) is 0 Å². The lowest BCUT2D eigenvalue weighted by Gasteiger charge is -2.61. The van der Waals surface area contributed by atoms with E-state index in [1.807, 2.05) is 0 Å². The van der Waals surface area contributed by atoms with Gasteiger partial charge in [0.2, 0.25) is 0 Å². The fraction of sp³-hybridized carbons (Fsp3) is 0.212. The van der Waals surface area contributed by atoms with Crippen LogP contribution in [0, 0.1) is 52.8 Å². The van der Waals surface area contributed by atoms with E-state index in [0.717, 1.165) is 120 Å². The van der Waals surface area contributed by atoms with E-state index in [1.54, 1.807) is 22.3 Å². The number of rotatable bonds is 10. The predicted octanol–water partition coefficient (Wildman–Crippen LogP) is 26.5. The number of nitrogens with zero attached hydrogens (tertiary/aromatic N) is 2. The number of benzene rings is 13. The third-order valence-electron chi connectivity index (χ3n) is 28.4. The van der Waals surface area contributed by atoms with Gasteiger partial charge in [0.1, 0.15) is 22.3 Å². The summed E-state index contributed by atoms with van der Waals surface area (Å²) >= 11 is 0. The molecule has 4 nitrogen and oxygen atoms in total. The quantitative estimate of drug-likeness (QED) is 0.137. The molecule has 0 radical (unpaired) electrons. The number of furan rings is 2. The smallest absolute Gasteiger partial charge is 0.137 e. The molecule has 7 bridgehead atoms. The Bertz CT molecular complexity index is 6020. The van der Waals surface area contributed by atoms with Gasteiger partial charge in [-0.15, -0.1) is 0 Å². The van der Waals surface area contributed by atoms with Crippen LogP contribution in [0.5, 0.6) is 0 Å². The van der Waals surface area contributed by atoms with Gasteiger partial charge in [-0.05, 0) is 291 Å². The number of fused-ring (bicyclic) bond motifs is 18. The fourth-order valence-corrected chi connectivity index (χ4v) is 24.7. The van der Waals surface area contributed by atoms with Crippen LogP contribution in [0.25, 0.3) is 111 Å². The standard InChI is InChI=1S/C99H76N2O2/c1-5-16-88-80(12-1)86-54-77(38-42-90(86)98(88)71-45-59-44-60(47-71)48-72(98)46-59)101(79-37-41-85-83-15-4-8-19-93(83)103-95(85)56-79)75-11-9-10-69(51-75)68-30-28-65(29-31-68)64-22-20-62(21-23-64)63-24-26-66(27-25-63)67-32-34-74(35-33-67)100(78-36-40-84-82-14-3-7-18-92(82)102-94(84)55-78)76-39-43-91-87(53-76)81-13-2-6-17-89(81)99(91)73-50-61-49-70-52-96(99)97(70,57-61)58-73/h1-43,51,53-56,59-61,70-73,96H,44-50,52,57-58H2. The Morgan fingerprint density at radius 2 is 0.641 bits per heavy atom. The van der Waals surface area contributed by atoms with Crippen molar-refractivity contribution < 1.29 is 8.83 Å². The molecule has 0 N–H and O–H groups in total. The summed E-state index contributed by atoms with van der Waals surface area (Å²) in [6, 6.07) is 110. The van der Waals surface area contributed by atoms with Gasteiger partial charge in [-0.1, -0.05) is 194 Å². The molecule has 4 heteroatoms. The zero-order valence-electron chi connectivity index (χ0n) is 57.6. The lowest BCUT2D eigenvalue weighted by atomic mass is 9.43. The highest BCUT2D eigenvalue weighted by Crippen LogP contribution is 2.83. The topological polar surface area (TPSA) is 32.8 Å². The van der Waals surface area contributed by atoms with Crippen LogP contribution < -0.4 is 9.80 Å². The first-order valence-electron chi connectivity index (χ1n) is 38.3. The van der Waals surface area contributed by atoms with Gasteiger partial charge in [-0.2, -0.15) is 0 Å². The van der Waals surface area contributed by atoms with Gasteiger partial charge in [0.25, 0.3) is 0 Å². The highest BCUT2D eigenvalue weighted by molar-refractivity contribution is 6.08.